The first-order chi connectivity index (χ1) is 6.27. The van der Waals surface area contributed by atoms with Crippen molar-refractivity contribution in [3.63, 3.8) is 0 Å². The third-order valence-corrected chi connectivity index (χ3v) is 3.27. The van der Waals surface area contributed by atoms with Gasteiger partial charge in [-0.3, -0.25) is 0 Å². The van der Waals surface area contributed by atoms with Gasteiger partial charge in [-0.05, 0) is 37.5 Å². The van der Waals surface area contributed by atoms with Crippen LogP contribution in [0.5, 0.6) is 0 Å². The van der Waals surface area contributed by atoms with E-state index in [2.05, 4.69) is 13.8 Å². The molecule has 1 rings (SSSR count). The lowest BCUT2D eigenvalue weighted by molar-refractivity contribution is 0.0918. The first-order valence-corrected chi connectivity index (χ1v) is 5.85. The van der Waals surface area contributed by atoms with Gasteiger partial charge in [-0.1, -0.05) is 26.7 Å². The summed E-state index contributed by atoms with van der Waals surface area (Å²) in [7, 11) is 0. The Labute approximate surface area is 82.9 Å². The number of ether oxygens (including phenoxy) is 1. The van der Waals surface area contributed by atoms with E-state index in [4.69, 9.17) is 4.74 Å². The predicted molar refractivity (Wildman–Crippen MR) is 56.9 cm³/mol. The molecule has 1 fully saturated rings. The van der Waals surface area contributed by atoms with Crippen LogP contribution in [0.15, 0.2) is 0 Å². The number of unbranched alkanes of at least 4 members (excludes halogenated alkanes) is 1. The van der Waals surface area contributed by atoms with E-state index in [1.165, 1.54) is 44.9 Å². The molecule has 0 amide bonds. The van der Waals surface area contributed by atoms with Gasteiger partial charge in [0.2, 0.25) is 0 Å². The fourth-order valence-corrected chi connectivity index (χ4v) is 1.98. The fraction of sp³-hybridized carbons (Fsp3) is 1.00. The maximum atomic E-state index is 5.54. The molecule has 1 heteroatoms. The van der Waals surface area contributed by atoms with Crippen molar-refractivity contribution in [3.8, 4) is 0 Å². The highest BCUT2D eigenvalue weighted by Gasteiger charge is 2.30. The molecular formula is C12H24O. The van der Waals surface area contributed by atoms with Crippen LogP contribution in [-0.2, 0) is 4.74 Å². The molecule has 13 heavy (non-hydrogen) atoms. The molecule has 0 aliphatic heterocycles. The van der Waals surface area contributed by atoms with E-state index in [1.54, 1.807) is 0 Å². The summed E-state index contributed by atoms with van der Waals surface area (Å²) in [5, 5.41) is 0. The maximum absolute atomic E-state index is 5.54. The minimum atomic E-state index is 0.689. The summed E-state index contributed by atoms with van der Waals surface area (Å²) in [4.78, 5) is 0. The quantitative estimate of drug-likeness (QED) is 0.547. The largest absolute Gasteiger partial charge is 0.381 e. The molecule has 0 N–H and O–H groups in total. The van der Waals surface area contributed by atoms with E-state index in [0.29, 0.717) is 5.41 Å². The number of hydrogen-bond donors (Lipinski definition) is 0. The Bertz CT molecular complexity index is 127. The first kappa shape index (κ1) is 11.0. The topological polar surface area (TPSA) is 9.23 Å². The second-order valence-corrected chi connectivity index (χ2v) is 4.73. The zero-order valence-electron chi connectivity index (χ0n) is 9.27. The van der Waals surface area contributed by atoms with Crippen LogP contribution in [0.25, 0.3) is 0 Å². The van der Waals surface area contributed by atoms with Crippen molar-refractivity contribution in [2.45, 2.75) is 58.8 Å². The molecule has 0 radical (unpaired) electrons. The molecule has 0 aromatic carbocycles. The summed E-state index contributed by atoms with van der Waals surface area (Å²) >= 11 is 0. The van der Waals surface area contributed by atoms with Crippen LogP contribution >= 0.6 is 0 Å². The monoisotopic (exact) mass is 184 g/mol. The lowest BCUT2D eigenvalue weighted by atomic mass is 9.68. The molecule has 0 aromatic heterocycles. The maximum Gasteiger partial charge on any atom is 0.0466 e. The Hall–Kier alpha value is -0.0400. The Balaban J connectivity index is 1.83. The van der Waals surface area contributed by atoms with Crippen LogP contribution in [0.2, 0.25) is 0 Å². The number of rotatable bonds is 7. The van der Waals surface area contributed by atoms with E-state index in [-0.39, 0.29) is 0 Å². The normalized spacial score (nSPS) is 19.8. The highest BCUT2D eigenvalue weighted by atomic mass is 16.5. The van der Waals surface area contributed by atoms with Gasteiger partial charge >= 0.3 is 0 Å². The van der Waals surface area contributed by atoms with Gasteiger partial charge in [-0.2, -0.15) is 0 Å². The third kappa shape index (κ3) is 4.12. The van der Waals surface area contributed by atoms with Crippen LogP contribution in [0.1, 0.15) is 58.8 Å². The van der Waals surface area contributed by atoms with Crippen molar-refractivity contribution < 1.29 is 4.74 Å². The third-order valence-electron chi connectivity index (χ3n) is 3.27. The average molecular weight is 184 g/mol. The highest BCUT2D eigenvalue weighted by molar-refractivity contribution is 4.82. The molecule has 1 aliphatic rings. The van der Waals surface area contributed by atoms with E-state index in [1.807, 2.05) is 0 Å². The molecule has 78 valence electrons. The summed E-state index contributed by atoms with van der Waals surface area (Å²) in [5.41, 5.74) is 0.689. The van der Waals surface area contributed by atoms with Crippen LogP contribution < -0.4 is 0 Å². The number of hydrogen-bond acceptors (Lipinski definition) is 1. The molecule has 0 bridgehead atoms. The second kappa shape index (κ2) is 5.64. The lowest BCUT2D eigenvalue weighted by Crippen LogP contribution is -2.25. The van der Waals surface area contributed by atoms with Crippen molar-refractivity contribution in [2.75, 3.05) is 13.2 Å². The highest BCUT2D eigenvalue weighted by Crippen LogP contribution is 2.43. The average Bonchev–Trinajstić information content (AvgIpc) is 2.08. The van der Waals surface area contributed by atoms with Gasteiger partial charge in [0.1, 0.15) is 0 Å². The molecular weight excluding hydrogens is 160 g/mol. The fourth-order valence-electron chi connectivity index (χ4n) is 1.98. The van der Waals surface area contributed by atoms with Gasteiger partial charge in [0, 0.05) is 13.2 Å². The van der Waals surface area contributed by atoms with Gasteiger partial charge in [0.05, 0.1) is 0 Å². The molecule has 1 saturated carbocycles. The van der Waals surface area contributed by atoms with Gasteiger partial charge in [-0.15, -0.1) is 0 Å². The minimum absolute atomic E-state index is 0.689. The van der Waals surface area contributed by atoms with E-state index in [0.717, 1.165) is 13.2 Å². The Morgan fingerprint density at radius 1 is 1.15 bits per heavy atom. The zero-order valence-corrected chi connectivity index (χ0v) is 9.27. The van der Waals surface area contributed by atoms with Crippen molar-refractivity contribution in [1.29, 1.82) is 0 Å². The summed E-state index contributed by atoms with van der Waals surface area (Å²) in [6, 6.07) is 0. The summed E-state index contributed by atoms with van der Waals surface area (Å²) < 4.78 is 5.54. The van der Waals surface area contributed by atoms with Gasteiger partial charge in [-0.25, -0.2) is 0 Å². The van der Waals surface area contributed by atoms with Crippen LogP contribution in [0.4, 0.5) is 0 Å². The van der Waals surface area contributed by atoms with Crippen LogP contribution in [0, 0.1) is 5.41 Å². The van der Waals surface area contributed by atoms with Gasteiger partial charge < -0.3 is 4.74 Å². The molecule has 0 atom stereocenters. The van der Waals surface area contributed by atoms with Crippen molar-refractivity contribution in [2.24, 2.45) is 5.41 Å². The lowest BCUT2D eigenvalue weighted by Gasteiger charge is -2.38. The van der Waals surface area contributed by atoms with E-state index < -0.39 is 0 Å². The molecule has 0 saturated heterocycles. The van der Waals surface area contributed by atoms with Crippen molar-refractivity contribution in [1.82, 2.24) is 0 Å². The van der Waals surface area contributed by atoms with E-state index in [9.17, 15) is 0 Å². The standard InChI is InChI=1S/C12H24O/c1-3-4-10-13-11-6-9-12(2)7-5-8-12/h3-11H2,1-2H3. The smallest absolute Gasteiger partial charge is 0.0466 e. The van der Waals surface area contributed by atoms with Crippen LogP contribution in [0.3, 0.4) is 0 Å². The second-order valence-electron chi connectivity index (χ2n) is 4.73. The predicted octanol–water partition coefficient (Wildman–Crippen LogP) is 3.77. The Morgan fingerprint density at radius 2 is 1.85 bits per heavy atom. The molecule has 0 aromatic rings. The summed E-state index contributed by atoms with van der Waals surface area (Å²) in [6.45, 7) is 6.57. The Morgan fingerprint density at radius 3 is 2.38 bits per heavy atom. The van der Waals surface area contributed by atoms with E-state index >= 15 is 0 Å². The molecule has 1 aliphatic carbocycles. The summed E-state index contributed by atoms with van der Waals surface area (Å²) in [5.74, 6) is 0. The van der Waals surface area contributed by atoms with Crippen LogP contribution in [-0.4, -0.2) is 13.2 Å². The SMILES string of the molecule is CCCCOCCCC1(C)CCC1. The summed E-state index contributed by atoms with van der Waals surface area (Å²) in [6.07, 6.45) is 9.45. The molecule has 1 nitrogen and oxygen atoms in total. The van der Waals surface area contributed by atoms with Crippen molar-refractivity contribution in [3.05, 3.63) is 0 Å². The Kier molecular flexibility index (Phi) is 4.79. The zero-order chi connectivity index (χ0) is 9.57. The molecule has 0 unspecified atom stereocenters. The van der Waals surface area contributed by atoms with Crippen molar-refractivity contribution >= 4 is 0 Å². The molecule has 0 spiro atoms. The van der Waals surface area contributed by atoms with Gasteiger partial charge in [0.15, 0.2) is 0 Å². The first-order valence-electron chi connectivity index (χ1n) is 5.85. The molecule has 0 heterocycles. The minimum Gasteiger partial charge on any atom is -0.381 e. The van der Waals surface area contributed by atoms with Gasteiger partial charge in [0.25, 0.3) is 0 Å².